The number of likely N-dealkylation sites (tertiary alicyclic amines) is 2. The lowest BCUT2D eigenvalue weighted by Gasteiger charge is -2.32. The fourth-order valence-corrected chi connectivity index (χ4v) is 4.56. The molecule has 2 aromatic carbocycles. The Morgan fingerprint density at radius 1 is 0.892 bits per heavy atom. The number of ether oxygens (including phenoxy) is 2. The summed E-state index contributed by atoms with van der Waals surface area (Å²) in [5, 5.41) is 12.3. The number of rotatable bonds is 7. The van der Waals surface area contributed by atoms with Crippen LogP contribution >= 0.6 is 0 Å². The second kappa shape index (κ2) is 12.4. The van der Waals surface area contributed by atoms with Crippen molar-refractivity contribution in [1.82, 2.24) is 9.80 Å². The van der Waals surface area contributed by atoms with E-state index >= 15 is 0 Å². The fourth-order valence-electron chi connectivity index (χ4n) is 4.56. The van der Waals surface area contributed by atoms with Crippen LogP contribution in [0.4, 0.5) is 0 Å². The molecule has 8 heteroatoms. The van der Waals surface area contributed by atoms with Gasteiger partial charge in [-0.25, -0.2) is 0 Å². The molecule has 1 amide bonds. The molecular formula is C29H33N3O5. The van der Waals surface area contributed by atoms with E-state index in [1.807, 2.05) is 60.7 Å². The van der Waals surface area contributed by atoms with Crippen LogP contribution in [0.1, 0.15) is 30.4 Å². The quantitative estimate of drug-likeness (QED) is 0.350. The van der Waals surface area contributed by atoms with Crippen LogP contribution in [0, 0.1) is 0 Å². The molecule has 2 aromatic rings. The molecule has 0 aromatic heterocycles. The first-order valence-electron chi connectivity index (χ1n) is 12.4. The molecule has 2 aliphatic heterocycles. The van der Waals surface area contributed by atoms with Crippen LogP contribution in [0.15, 0.2) is 64.8 Å². The number of oxime groups is 1. The van der Waals surface area contributed by atoms with Gasteiger partial charge in [-0.3, -0.25) is 9.59 Å². The summed E-state index contributed by atoms with van der Waals surface area (Å²) in [6, 6.07) is 15.0. The molecular weight excluding hydrogens is 470 g/mol. The molecule has 37 heavy (non-hydrogen) atoms. The molecule has 0 saturated carbocycles. The number of piperidine rings is 2. The maximum absolute atomic E-state index is 13.4. The number of ketones is 1. The maximum Gasteiger partial charge on any atom is 0.224 e. The molecule has 4 rings (SSSR count). The Bertz CT molecular complexity index is 1120. The predicted molar refractivity (Wildman–Crippen MR) is 143 cm³/mol. The Hall–Kier alpha value is -3.91. The van der Waals surface area contributed by atoms with Crippen LogP contribution < -0.4 is 9.47 Å². The van der Waals surface area contributed by atoms with Crippen molar-refractivity contribution in [2.75, 3.05) is 46.9 Å². The third-order valence-electron chi connectivity index (χ3n) is 6.79. The van der Waals surface area contributed by atoms with Crippen molar-refractivity contribution in [2.45, 2.75) is 19.3 Å². The number of nitrogens with zero attached hydrogens (tertiary/aromatic N) is 3. The first-order chi connectivity index (χ1) is 18.0. The Kier molecular flexibility index (Phi) is 8.74. The maximum atomic E-state index is 13.4. The summed E-state index contributed by atoms with van der Waals surface area (Å²) in [5.41, 5.74) is 3.70. The van der Waals surface area contributed by atoms with E-state index in [1.165, 1.54) is 0 Å². The average Bonchev–Trinajstić information content (AvgIpc) is 2.94. The van der Waals surface area contributed by atoms with Crippen molar-refractivity contribution < 1.29 is 24.3 Å². The lowest BCUT2D eigenvalue weighted by molar-refractivity contribution is -0.131. The topological polar surface area (TPSA) is 91.7 Å². The van der Waals surface area contributed by atoms with Crippen molar-refractivity contribution in [3.8, 4) is 11.5 Å². The SMILES string of the molecule is COc1ccc(/C=C2\CN(C(=O)CCN3CCC(=NO)CC3)C/C(=C\c3ccc(OC)cc3)C2=O)cc1. The van der Waals surface area contributed by atoms with E-state index in [1.54, 1.807) is 19.1 Å². The van der Waals surface area contributed by atoms with E-state index in [9.17, 15) is 9.59 Å². The van der Waals surface area contributed by atoms with Crippen molar-refractivity contribution >= 4 is 29.6 Å². The van der Waals surface area contributed by atoms with Gasteiger partial charge in [-0.1, -0.05) is 29.4 Å². The second-order valence-corrected chi connectivity index (χ2v) is 9.22. The Labute approximate surface area is 217 Å². The predicted octanol–water partition coefficient (Wildman–Crippen LogP) is 3.90. The number of benzene rings is 2. The zero-order valence-corrected chi connectivity index (χ0v) is 21.4. The van der Waals surface area contributed by atoms with Gasteiger partial charge in [-0.05, 0) is 47.5 Å². The first-order valence-corrected chi connectivity index (χ1v) is 12.4. The van der Waals surface area contributed by atoms with Gasteiger partial charge < -0.3 is 24.5 Å². The van der Waals surface area contributed by atoms with Crippen LogP contribution in [0.5, 0.6) is 11.5 Å². The minimum atomic E-state index is -0.0532. The largest absolute Gasteiger partial charge is 0.497 e. The van der Waals surface area contributed by atoms with Gasteiger partial charge in [0.2, 0.25) is 5.91 Å². The summed E-state index contributed by atoms with van der Waals surface area (Å²) in [5.74, 6) is 1.44. The zero-order valence-electron chi connectivity index (χ0n) is 21.4. The summed E-state index contributed by atoms with van der Waals surface area (Å²) >= 11 is 0. The molecule has 2 saturated heterocycles. The summed E-state index contributed by atoms with van der Waals surface area (Å²) < 4.78 is 10.5. The number of hydrogen-bond acceptors (Lipinski definition) is 7. The molecule has 2 fully saturated rings. The van der Waals surface area contributed by atoms with Gasteiger partial charge in [-0.2, -0.15) is 0 Å². The normalized spacial score (nSPS) is 18.8. The van der Waals surface area contributed by atoms with Crippen LogP contribution in [0.25, 0.3) is 12.2 Å². The van der Waals surface area contributed by atoms with E-state index in [2.05, 4.69) is 10.1 Å². The van der Waals surface area contributed by atoms with E-state index in [0.29, 0.717) is 37.0 Å². The standard InChI is InChI=1S/C29H33N3O5/c1-36-26-7-3-21(4-8-26)17-23-19-32(28(33)13-16-31-14-11-25(30-35)12-15-31)20-24(29(23)34)18-22-5-9-27(37-2)10-6-22/h3-10,17-18,35H,11-16,19-20H2,1-2H3/b23-17+,24-18+. The minimum Gasteiger partial charge on any atom is -0.497 e. The average molecular weight is 504 g/mol. The Morgan fingerprint density at radius 3 is 1.81 bits per heavy atom. The van der Waals surface area contributed by atoms with Gasteiger partial charge in [0.25, 0.3) is 0 Å². The van der Waals surface area contributed by atoms with Gasteiger partial charge in [0.15, 0.2) is 5.78 Å². The number of hydrogen-bond donors (Lipinski definition) is 1. The smallest absolute Gasteiger partial charge is 0.224 e. The van der Waals surface area contributed by atoms with Gasteiger partial charge in [0, 0.05) is 63.1 Å². The number of methoxy groups -OCH3 is 2. The summed E-state index contributed by atoms with van der Waals surface area (Å²) in [6.07, 6.45) is 5.50. The van der Waals surface area contributed by atoms with E-state index < -0.39 is 0 Å². The van der Waals surface area contributed by atoms with E-state index in [0.717, 1.165) is 41.4 Å². The molecule has 0 aliphatic carbocycles. The highest BCUT2D eigenvalue weighted by Gasteiger charge is 2.29. The van der Waals surface area contributed by atoms with Crippen LogP contribution in [0.2, 0.25) is 0 Å². The van der Waals surface area contributed by atoms with Gasteiger partial charge in [0.05, 0.1) is 19.9 Å². The molecule has 0 unspecified atom stereocenters. The van der Waals surface area contributed by atoms with Crippen molar-refractivity contribution in [3.05, 3.63) is 70.8 Å². The van der Waals surface area contributed by atoms with Gasteiger partial charge in [-0.15, -0.1) is 0 Å². The molecule has 0 atom stereocenters. The molecule has 0 spiro atoms. The number of carbonyl (C=O) groups excluding carboxylic acids is 2. The van der Waals surface area contributed by atoms with Crippen molar-refractivity contribution in [2.24, 2.45) is 5.16 Å². The van der Waals surface area contributed by atoms with Gasteiger partial charge in [0.1, 0.15) is 11.5 Å². The summed E-state index contributed by atoms with van der Waals surface area (Å²) in [4.78, 5) is 30.7. The fraction of sp³-hybridized carbons (Fsp3) is 0.345. The summed E-state index contributed by atoms with van der Waals surface area (Å²) in [7, 11) is 3.22. The number of Topliss-reactive ketones (excluding diaryl/α,β-unsaturated/α-hetero) is 1. The highest BCUT2D eigenvalue weighted by molar-refractivity contribution is 6.15. The van der Waals surface area contributed by atoms with E-state index in [4.69, 9.17) is 14.7 Å². The van der Waals surface area contributed by atoms with Crippen LogP contribution in [-0.2, 0) is 9.59 Å². The highest BCUT2D eigenvalue weighted by atomic mass is 16.5. The lowest BCUT2D eigenvalue weighted by Crippen LogP contribution is -2.43. The van der Waals surface area contributed by atoms with Crippen molar-refractivity contribution in [1.29, 1.82) is 0 Å². The molecule has 0 bridgehead atoms. The molecule has 194 valence electrons. The minimum absolute atomic E-state index is 0.00961. The molecule has 1 N–H and O–H groups in total. The zero-order chi connectivity index (χ0) is 26.2. The monoisotopic (exact) mass is 503 g/mol. The molecule has 2 aliphatic rings. The molecule has 8 nitrogen and oxygen atoms in total. The second-order valence-electron chi connectivity index (χ2n) is 9.22. The van der Waals surface area contributed by atoms with Gasteiger partial charge >= 0.3 is 0 Å². The van der Waals surface area contributed by atoms with E-state index in [-0.39, 0.29) is 24.8 Å². The first kappa shape index (κ1) is 26.2. The third-order valence-corrected chi connectivity index (χ3v) is 6.79. The van der Waals surface area contributed by atoms with Crippen molar-refractivity contribution in [3.63, 3.8) is 0 Å². The Balaban J connectivity index is 1.53. The summed E-state index contributed by atoms with van der Waals surface area (Å²) in [6.45, 7) is 2.72. The highest BCUT2D eigenvalue weighted by Crippen LogP contribution is 2.24. The number of carbonyl (C=O) groups is 2. The number of amides is 1. The Morgan fingerprint density at radius 2 is 1.38 bits per heavy atom. The molecule has 2 heterocycles. The van der Waals surface area contributed by atoms with Crippen LogP contribution in [0.3, 0.4) is 0 Å². The third kappa shape index (κ3) is 6.86. The lowest BCUT2D eigenvalue weighted by atomic mass is 9.94. The van der Waals surface area contributed by atoms with Crippen LogP contribution in [-0.4, -0.2) is 79.4 Å². The molecule has 0 radical (unpaired) electrons.